The summed E-state index contributed by atoms with van der Waals surface area (Å²) in [6.45, 7) is 5.35. The second-order valence-electron chi connectivity index (χ2n) is 7.16. The van der Waals surface area contributed by atoms with Gasteiger partial charge in [-0.05, 0) is 17.5 Å². The number of aliphatic hydroxyl groups is 1. The van der Waals surface area contributed by atoms with Crippen molar-refractivity contribution in [1.29, 1.82) is 0 Å². The predicted octanol–water partition coefficient (Wildman–Crippen LogP) is 2.18. The monoisotopic (exact) mass is 355 g/mol. The van der Waals surface area contributed by atoms with E-state index in [0.717, 1.165) is 12.1 Å². The van der Waals surface area contributed by atoms with Crippen LogP contribution < -0.4 is 10.6 Å². The molecule has 1 fully saturated rings. The zero-order chi connectivity index (χ0) is 18.9. The van der Waals surface area contributed by atoms with Crippen LogP contribution in [-0.2, 0) is 4.74 Å². The first-order valence-electron chi connectivity index (χ1n) is 7.85. The van der Waals surface area contributed by atoms with E-state index in [1.54, 1.807) is 4.90 Å². The van der Waals surface area contributed by atoms with Crippen LogP contribution in [0.15, 0.2) is 18.2 Å². The molecule has 1 aromatic carbocycles. The van der Waals surface area contributed by atoms with E-state index in [0.29, 0.717) is 0 Å². The molecule has 0 aliphatic carbocycles. The van der Waals surface area contributed by atoms with E-state index < -0.39 is 46.1 Å². The van der Waals surface area contributed by atoms with Crippen LogP contribution >= 0.6 is 0 Å². The molecule has 0 aromatic heterocycles. The molecule has 25 heavy (non-hydrogen) atoms. The maximum atomic E-state index is 13.5. The van der Waals surface area contributed by atoms with Gasteiger partial charge in [0.15, 0.2) is 0 Å². The number of amides is 1. The van der Waals surface area contributed by atoms with Crippen molar-refractivity contribution in [3.8, 4) is 0 Å². The number of hydrogen-bond acceptors (Lipinski definition) is 6. The maximum absolute atomic E-state index is 13.5. The van der Waals surface area contributed by atoms with Gasteiger partial charge in [-0.3, -0.25) is 10.1 Å². The lowest BCUT2D eigenvalue weighted by Gasteiger charge is -2.40. The van der Waals surface area contributed by atoms with Crippen LogP contribution in [0.5, 0.6) is 0 Å². The Morgan fingerprint density at radius 2 is 2.16 bits per heavy atom. The third-order valence-electron chi connectivity index (χ3n) is 4.33. The van der Waals surface area contributed by atoms with Gasteiger partial charge in [0.25, 0.3) is 5.69 Å². The number of carbonyl (C=O) groups is 1. The van der Waals surface area contributed by atoms with Crippen LogP contribution in [0.4, 0.5) is 20.6 Å². The van der Waals surface area contributed by atoms with Gasteiger partial charge in [-0.1, -0.05) is 20.8 Å². The SMILES string of the molecule is CC(C)(C)C1[C@@H](OC(N)=O)C[C@@H](CO)N1c1ccc(F)cc1[N+](=O)[O-]. The van der Waals surface area contributed by atoms with E-state index in [-0.39, 0.29) is 18.7 Å². The molecule has 138 valence electrons. The molecule has 0 saturated carbocycles. The second kappa shape index (κ2) is 6.83. The normalized spacial score (nSPS) is 23.6. The average Bonchev–Trinajstić information content (AvgIpc) is 2.84. The molecule has 1 saturated heterocycles. The zero-order valence-corrected chi connectivity index (χ0v) is 14.3. The van der Waals surface area contributed by atoms with Gasteiger partial charge in [0.05, 0.1) is 29.7 Å². The molecule has 2 rings (SSSR count). The van der Waals surface area contributed by atoms with Crippen molar-refractivity contribution >= 4 is 17.5 Å². The van der Waals surface area contributed by atoms with Gasteiger partial charge < -0.3 is 20.5 Å². The molecule has 9 heteroatoms. The standard InChI is InChI=1S/C16H22FN3O5/c1-16(2,3)14-13(25-15(18)22)7-10(8-21)19(14)11-5-4-9(17)6-12(11)20(23)24/h4-6,10,13-14,21H,7-8H2,1-3H3,(H2,18,22)/t10-,13-,14?/m0/s1. The Kier molecular flexibility index (Phi) is 5.17. The van der Waals surface area contributed by atoms with E-state index >= 15 is 0 Å². The molecule has 1 heterocycles. The molecular formula is C16H22FN3O5. The fraction of sp³-hybridized carbons (Fsp3) is 0.562. The smallest absolute Gasteiger partial charge is 0.404 e. The van der Waals surface area contributed by atoms with Crippen molar-refractivity contribution in [2.75, 3.05) is 11.5 Å². The molecule has 3 atom stereocenters. The summed E-state index contributed by atoms with van der Waals surface area (Å²) in [6.07, 6.45) is -1.35. The summed E-state index contributed by atoms with van der Waals surface area (Å²) in [5.74, 6) is -0.729. The first kappa shape index (κ1) is 18.9. The fourth-order valence-electron chi connectivity index (χ4n) is 3.52. The molecule has 1 unspecified atom stereocenters. The number of rotatable bonds is 4. The van der Waals surface area contributed by atoms with Crippen molar-refractivity contribution < 1.29 is 24.0 Å². The van der Waals surface area contributed by atoms with Gasteiger partial charge in [-0.15, -0.1) is 0 Å². The summed E-state index contributed by atoms with van der Waals surface area (Å²) in [4.78, 5) is 23.6. The lowest BCUT2D eigenvalue weighted by molar-refractivity contribution is -0.384. The summed E-state index contributed by atoms with van der Waals surface area (Å²) in [5, 5.41) is 21.1. The minimum Gasteiger partial charge on any atom is -0.444 e. The molecule has 0 spiro atoms. The molecule has 1 amide bonds. The Morgan fingerprint density at radius 3 is 2.64 bits per heavy atom. The third-order valence-corrected chi connectivity index (χ3v) is 4.33. The summed E-state index contributed by atoms with van der Waals surface area (Å²) in [5.41, 5.74) is 4.44. The largest absolute Gasteiger partial charge is 0.444 e. The van der Waals surface area contributed by atoms with Crippen LogP contribution in [0.25, 0.3) is 0 Å². The van der Waals surface area contributed by atoms with Gasteiger partial charge in [-0.25, -0.2) is 9.18 Å². The Bertz CT molecular complexity index is 676. The molecule has 1 aliphatic rings. The number of nitrogens with zero attached hydrogens (tertiary/aromatic N) is 2. The first-order valence-corrected chi connectivity index (χ1v) is 7.85. The van der Waals surface area contributed by atoms with Gasteiger partial charge in [0.2, 0.25) is 0 Å². The topological polar surface area (TPSA) is 119 Å². The van der Waals surface area contributed by atoms with Crippen LogP contribution in [0.2, 0.25) is 0 Å². The Morgan fingerprint density at radius 1 is 1.52 bits per heavy atom. The van der Waals surface area contributed by atoms with Gasteiger partial charge >= 0.3 is 6.09 Å². The number of ether oxygens (including phenoxy) is 1. The number of carbonyl (C=O) groups excluding carboxylic acids is 1. The average molecular weight is 355 g/mol. The first-order chi connectivity index (χ1) is 11.6. The number of benzene rings is 1. The maximum Gasteiger partial charge on any atom is 0.404 e. The molecule has 8 nitrogen and oxygen atoms in total. The third kappa shape index (κ3) is 3.81. The van der Waals surface area contributed by atoms with Crippen molar-refractivity contribution in [3.63, 3.8) is 0 Å². The number of primary amides is 1. The fourth-order valence-corrected chi connectivity index (χ4v) is 3.52. The highest BCUT2D eigenvalue weighted by atomic mass is 19.1. The second-order valence-corrected chi connectivity index (χ2v) is 7.16. The molecule has 1 aliphatic heterocycles. The number of nitrogens with two attached hydrogens (primary N) is 1. The van der Waals surface area contributed by atoms with Crippen LogP contribution in [-0.4, -0.2) is 40.9 Å². The highest BCUT2D eigenvalue weighted by Crippen LogP contribution is 2.44. The van der Waals surface area contributed by atoms with Crippen LogP contribution in [0.3, 0.4) is 0 Å². The zero-order valence-electron chi connectivity index (χ0n) is 14.3. The van der Waals surface area contributed by atoms with E-state index in [1.807, 2.05) is 20.8 Å². The Balaban J connectivity index is 2.59. The van der Waals surface area contributed by atoms with E-state index in [9.17, 15) is 24.4 Å². The highest BCUT2D eigenvalue weighted by Gasteiger charge is 2.50. The molecule has 3 N–H and O–H groups in total. The van der Waals surface area contributed by atoms with Crippen molar-refractivity contribution in [3.05, 3.63) is 34.1 Å². The number of nitro benzene ring substituents is 1. The highest BCUT2D eigenvalue weighted by molar-refractivity contribution is 5.67. The van der Waals surface area contributed by atoms with Gasteiger partial charge in [0.1, 0.15) is 17.6 Å². The lowest BCUT2D eigenvalue weighted by Crippen LogP contribution is -2.49. The number of hydrogen-bond donors (Lipinski definition) is 2. The van der Waals surface area contributed by atoms with Crippen LogP contribution in [0, 0.1) is 21.3 Å². The summed E-state index contributed by atoms with van der Waals surface area (Å²) < 4.78 is 18.7. The van der Waals surface area contributed by atoms with Crippen molar-refractivity contribution in [2.45, 2.75) is 45.4 Å². The number of aliphatic hydroxyl groups excluding tert-OH is 1. The number of anilines is 1. The number of halogens is 1. The molecular weight excluding hydrogens is 333 g/mol. The Hall–Kier alpha value is -2.42. The van der Waals surface area contributed by atoms with E-state index in [4.69, 9.17) is 10.5 Å². The van der Waals surface area contributed by atoms with E-state index in [2.05, 4.69) is 0 Å². The summed E-state index contributed by atoms with van der Waals surface area (Å²) >= 11 is 0. The van der Waals surface area contributed by atoms with Gasteiger partial charge in [0, 0.05) is 6.42 Å². The predicted molar refractivity (Wildman–Crippen MR) is 88.7 cm³/mol. The molecule has 0 radical (unpaired) electrons. The van der Waals surface area contributed by atoms with Gasteiger partial charge in [-0.2, -0.15) is 0 Å². The summed E-state index contributed by atoms with van der Waals surface area (Å²) in [7, 11) is 0. The number of nitro groups is 1. The summed E-state index contributed by atoms with van der Waals surface area (Å²) in [6, 6.07) is 2.26. The Labute approximate surface area is 144 Å². The van der Waals surface area contributed by atoms with Crippen molar-refractivity contribution in [2.24, 2.45) is 11.1 Å². The van der Waals surface area contributed by atoms with Crippen molar-refractivity contribution in [1.82, 2.24) is 0 Å². The molecule has 1 aromatic rings. The minimum atomic E-state index is -0.952. The minimum absolute atomic E-state index is 0.168. The van der Waals surface area contributed by atoms with E-state index in [1.165, 1.54) is 6.07 Å². The molecule has 0 bridgehead atoms. The quantitative estimate of drug-likeness (QED) is 0.631. The lowest BCUT2D eigenvalue weighted by atomic mass is 9.83. The van der Waals surface area contributed by atoms with Crippen LogP contribution in [0.1, 0.15) is 27.2 Å².